The summed E-state index contributed by atoms with van der Waals surface area (Å²) in [6.07, 6.45) is 6.68. The third-order valence-electron chi connectivity index (χ3n) is 4.18. The summed E-state index contributed by atoms with van der Waals surface area (Å²) in [7, 11) is 0. The van der Waals surface area contributed by atoms with Gasteiger partial charge < -0.3 is 5.11 Å². The molecule has 0 radical (unpaired) electrons. The molecule has 17 heavy (non-hydrogen) atoms. The molecule has 1 saturated carbocycles. The van der Waals surface area contributed by atoms with Crippen molar-refractivity contribution in [3.63, 3.8) is 0 Å². The quantitative estimate of drug-likeness (QED) is 0.743. The fraction of sp³-hybridized carbons (Fsp3) is 1.00. The molecule has 2 aliphatic rings. The highest BCUT2D eigenvalue weighted by Crippen LogP contribution is 2.34. The highest BCUT2D eigenvalue weighted by atomic mass is 32.1. The van der Waals surface area contributed by atoms with E-state index in [9.17, 15) is 0 Å². The van der Waals surface area contributed by atoms with Gasteiger partial charge in [-0.15, -0.1) is 0 Å². The minimum absolute atomic E-state index is 0.275. The molecule has 100 valence electrons. The van der Waals surface area contributed by atoms with Crippen LogP contribution in [0.5, 0.6) is 0 Å². The molecule has 1 aliphatic carbocycles. The molecule has 0 aromatic heterocycles. The number of hydrogen-bond donors (Lipinski definition) is 2. The predicted octanol–water partition coefficient (Wildman–Crippen LogP) is 1.23. The highest BCUT2D eigenvalue weighted by Gasteiger charge is 2.31. The molecule has 0 bridgehead atoms. The maximum absolute atomic E-state index is 8.92. The Labute approximate surface area is 111 Å². The van der Waals surface area contributed by atoms with Crippen LogP contribution >= 0.6 is 12.6 Å². The van der Waals surface area contributed by atoms with Gasteiger partial charge in [0.25, 0.3) is 0 Å². The number of hydrogen-bond acceptors (Lipinski definition) is 4. The second-order valence-electron chi connectivity index (χ2n) is 5.63. The van der Waals surface area contributed by atoms with E-state index < -0.39 is 0 Å². The third-order valence-corrected chi connectivity index (χ3v) is 4.77. The molecule has 1 saturated heterocycles. The van der Waals surface area contributed by atoms with Crippen LogP contribution in [0.2, 0.25) is 0 Å². The first kappa shape index (κ1) is 13.7. The lowest BCUT2D eigenvalue weighted by Gasteiger charge is -2.41. The summed E-state index contributed by atoms with van der Waals surface area (Å²) >= 11 is 4.93. The van der Waals surface area contributed by atoms with Crippen molar-refractivity contribution in [1.29, 1.82) is 0 Å². The summed E-state index contributed by atoms with van der Waals surface area (Å²) in [5, 5.41) is 8.92. The Hall–Kier alpha value is 0.230. The van der Waals surface area contributed by atoms with Gasteiger partial charge in [0.05, 0.1) is 6.61 Å². The fourth-order valence-corrected chi connectivity index (χ4v) is 3.61. The van der Waals surface area contributed by atoms with Crippen molar-refractivity contribution < 1.29 is 5.11 Å². The van der Waals surface area contributed by atoms with Crippen molar-refractivity contribution in [1.82, 2.24) is 9.80 Å². The van der Waals surface area contributed by atoms with Gasteiger partial charge in [-0.25, -0.2) is 0 Å². The molecular formula is C13H26N2OS. The second-order valence-corrected chi connectivity index (χ2v) is 6.58. The summed E-state index contributed by atoms with van der Waals surface area (Å²) in [6.45, 7) is 6.76. The molecule has 0 atom stereocenters. The van der Waals surface area contributed by atoms with Gasteiger partial charge in [0.1, 0.15) is 0 Å². The zero-order valence-electron chi connectivity index (χ0n) is 10.8. The predicted molar refractivity (Wildman–Crippen MR) is 74.8 cm³/mol. The van der Waals surface area contributed by atoms with Crippen LogP contribution in [0.25, 0.3) is 0 Å². The summed E-state index contributed by atoms with van der Waals surface area (Å²) in [6, 6.07) is 0. The summed E-state index contributed by atoms with van der Waals surface area (Å²) in [5.41, 5.74) is 0. The number of piperazine rings is 1. The lowest BCUT2D eigenvalue weighted by atomic mass is 9.87. The first-order chi connectivity index (χ1) is 8.22. The molecule has 0 aromatic rings. The van der Waals surface area contributed by atoms with Crippen molar-refractivity contribution in [2.75, 3.05) is 45.9 Å². The van der Waals surface area contributed by atoms with E-state index in [-0.39, 0.29) is 11.4 Å². The molecule has 1 heterocycles. The van der Waals surface area contributed by atoms with Crippen LogP contribution in [0.4, 0.5) is 0 Å². The third kappa shape index (κ3) is 4.12. The van der Waals surface area contributed by atoms with Gasteiger partial charge in [0, 0.05) is 44.0 Å². The number of β-amino-alcohol motifs (C(OH)–C–C–N with tert-alkyl or cyclic N) is 1. The fourth-order valence-electron chi connectivity index (χ4n) is 3.10. The minimum atomic E-state index is 0.275. The van der Waals surface area contributed by atoms with Crippen LogP contribution in [0.1, 0.15) is 32.1 Å². The largest absolute Gasteiger partial charge is 0.395 e. The Morgan fingerprint density at radius 1 is 0.941 bits per heavy atom. The summed E-state index contributed by atoms with van der Waals surface area (Å²) in [5.74, 6) is 0. The van der Waals surface area contributed by atoms with E-state index >= 15 is 0 Å². The van der Waals surface area contributed by atoms with Crippen molar-refractivity contribution in [2.24, 2.45) is 0 Å². The van der Waals surface area contributed by atoms with E-state index in [0.717, 1.165) is 39.3 Å². The van der Waals surface area contributed by atoms with E-state index in [4.69, 9.17) is 17.7 Å². The van der Waals surface area contributed by atoms with E-state index in [1.807, 2.05) is 0 Å². The minimum Gasteiger partial charge on any atom is -0.395 e. The Bertz CT molecular complexity index is 223. The van der Waals surface area contributed by atoms with Crippen LogP contribution in [0.15, 0.2) is 0 Å². The zero-order chi connectivity index (χ0) is 12.1. The lowest BCUT2D eigenvalue weighted by molar-refractivity contribution is 0.101. The van der Waals surface area contributed by atoms with Crippen molar-refractivity contribution in [2.45, 2.75) is 36.9 Å². The number of rotatable bonds is 4. The van der Waals surface area contributed by atoms with Gasteiger partial charge in [-0.05, 0) is 12.8 Å². The zero-order valence-corrected chi connectivity index (χ0v) is 11.7. The molecule has 0 spiro atoms. The molecule has 1 N–H and O–H groups in total. The Kier molecular flexibility index (Phi) is 5.15. The highest BCUT2D eigenvalue weighted by molar-refractivity contribution is 7.81. The maximum Gasteiger partial charge on any atom is 0.0558 e. The topological polar surface area (TPSA) is 26.7 Å². The first-order valence-electron chi connectivity index (χ1n) is 7.00. The van der Waals surface area contributed by atoms with Gasteiger partial charge >= 0.3 is 0 Å². The first-order valence-corrected chi connectivity index (χ1v) is 7.45. The summed E-state index contributed by atoms with van der Waals surface area (Å²) < 4.78 is 0.275. The monoisotopic (exact) mass is 258 g/mol. The summed E-state index contributed by atoms with van der Waals surface area (Å²) in [4.78, 5) is 4.91. The average Bonchev–Trinajstić information content (AvgIpc) is 2.33. The second kappa shape index (κ2) is 6.41. The van der Waals surface area contributed by atoms with Gasteiger partial charge in [0.15, 0.2) is 0 Å². The molecule has 0 aromatic carbocycles. The average molecular weight is 258 g/mol. The van der Waals surface area contributed by atoms with E-state index in [1.54, 1.807) is 0 Å². The normalized spacial score (nSPS) is 27.2. The van der Waals surface area contributed by atoms with Crippen molar-refractivity contribution in [3.8, 4) is 0 Å². The van der Waals surface area contributed by atoms with Crippen LogP contribution in [0, 0.1) is 0 Å². The number of thiol groups is 1. The van der Waals surface area contributed by atoms with Gasteiger partial charge in [0.2, 0.25) is 0 Å². The SMILES string of the molecule is OCCN1CCN(CC2(S)CCCCC2)CC1. The van der Waals surface area contributed by atoms with Crippen LogP contribution in [-0.4, -0.2) is 65.5 Å². The molecule has 2 fully saturated rings. The van der Waals surface area contributed by atoms with Crippen LogP contribution in [-0.2, 0) is 0 Å². The number of aliphatic hydroxyl groups is 1. The van der Waals surface area contributed by atoms with Gasteiger partial charge in [-0.3, -0.25) is 9.80 Å². The van der Waals surface area contributed by atoms with Gasteiger partial charge in [-0.1, -0.05) is 19.3 Å². The molecule has 4 heteroatoms. The Morgan fingerprint density at radius 3 is 2.12 bits per heavy atom. The Balaban J connectivity index is 1.73. The standard InChI is InChI=1S/C13H26N2OS/c16-11-10-14-6-8-15(9-7-14)12-13(17)4-2-1-3-5-13/h16-17H,1-12H2. The lowest BCUT2D eigenvalue weighted by Crippen LogP contribution is -2.51. The molecule has 2 rings (SSSR count). The Morgan fingerprint density at radius 2 is 1.53 bits per heavy atom. The van der Waals surface area contributed by atoms with E-state index in [0.29, 0.717) is 0 Å². The van der Waals surface area contributed by atoms with Crippen LogP contribution < -0.4 is 0 Å². The van der Waals surface area contributed by atoms with Crippen molar-refractivity contribution >= 4 is 12.6 Å². The van der Waals surface area contributed by atoms with E-state index in [1.165, 1.54) is 32.1 Å². The molecule has 3 nitrogen and oxygen atoms in total. The molecule has 1 aliphatic heterocycles. The van der Waals surface area contributed by atoms with Crippen LogP contribution in [0.3, 0.4) is 0 Å². The number of aliphatic hydroxyl groups excluding tert-OH is 1. The molecule has 0 amide bonds. The van der Waals surface area contributed by atoms with Crippen molar-refractivity contribution in [3.05, 3.63) is 0 Å². The molecular weight excluding hydrogens is 232 g/mol. The molecule has 0 unspecified atom stereocenters. The number of nitrogens with zero attached hydrogens (tertiary/aromatic N) is 2. The van der Waals surface area contributed by atoms with Gasteiger partial charge in [-0.2, -0.15) is 12.6 Å². The maximum atomic E-state index is 8.92. The van der Waals surface area contributed by atoms with E-state index in [2.05, 4.69) is 9.80 Å². The smallest absolute Gasteiger partial charge is 0.0558 e.